The number of halogens is 2. The lowest BCUT2D eigenvalue weighted by Crippen LogP contribution is -2.66. The summed E-state index contributed by atoms with van der Waals surface area (Å²) >= 11 is 12.1. The second-order valence-electron chi connectivity index (χ2n) is 9.27. The monoisotopic (exact) mass is 476 g/mol. The quantitative estimate of drug-likeness (QED) is 0.677. The van der Waals surface area contributed by atoms with Gasteiger partial charge in [-0.25, -0.2) is 0 Å². The summed E-state index contributed by atoms with van der Waals surface area (Å²) < 4.78 is 5.47. The molecular weight excluding hydrogens is 447 g/mol. The van der Waals surface area contributed by atoms with E-state index in [1.165, 1.54) is 0 Å². The number of methoxy groups -OCH3 is 1. The van der Waals surface area contributed by atoms with E-state index in [0.29, 0.717) is 29.4 Å². The fourth-order valence-electron chi connectivity index (χ4n) is 5.53. The number of hydrogen-bond donors (Lipinski definition) is 2. The highest BCUT2D eigenvalue weighted by atomic mass is 35.5. The third kappa shape index (κ3) is 4.49. The number of likely N-dealkylation sites (N-methyl/N-ethyl adjacent to an activating group) is 1. The number of nitrogens with one attached hydrogen (secondary N) is 1. The van der Waals surface area contributed by atoms with E-state index in [1.807, 2.05) is 24.3 Å². The van der Waals surface area contributed by atoms with Gasteiger partial charge in [0.2, 0.25) is 5.91 Å². The van der Waals surface area contributed by atoms with Crippen LogP contribution in [-0.4, -0.2) is 54.8 Å². The molecule has 0 bridgehead atoms. The van der Waals surface area contributed by atoms with Crippen molar-refractivity contribution >= 4 is 29.1 Å². The molecule has 7 heteroatoms. The van der Waals surface area contributed by atoms with Crippen molar-refractivity contribution in [1.29, 1.82) is 0 Å². The van der Waals surface area contributed by atoms with Gasteiger partial charge in [-0.05, 0) is 74.7 Å². The summed E-state index contributed by atoms with van der Waals surface area (Å²) in [6.07, 6.45) is 3.13. The zero-order valence-corrected chi connectivity index (χ0v) is 20.0. The number of benzene rings is 2. The average Bonchev–Trinajstić information content (AvgIpc) is 2.76. The van der Waals surface area contributed by atoms with Crippen LogP contribution in [0.25, 0.3) is 0 Å². The molecule has 1 aliphatic carbocycles. The molecule has 0 unspecified atom stereocenters. The van der Waals surface area contributed by atoms with Crippen LogP contribution < -0.4 is 10.1 Å². The lowest BCUT2D eigenvalue weighted by molar-refractivity contribution is -0.131. The summed E-state index contributed by atoms with van der Waals surface area (Å²) in [6.45, 7) is 1.51. The molecule has 1 amide bonds. The molecule has 0 spiro atoms. The fourth-order valence-corrected chi connectivity index (χ4v) is 5.85. The number of nitrogens with zero attached hydrogens (tertiary/aromatic N) is 1. The third-order valence-electron chi connectivity index (χ3n) is 7.18. The Morgan fingerprint density at radius 3 is 2.78 bits per heavy atom. The van der Waals surface area contributed by atoms with Gasteiger partial charge in [0.15, 0.2) is 0 Å². The van der Waals surface area contributed by atoms with Crippen LogP contribution in [0.2, 0.25) is 10.0 Å². The van der Waals surface area contributed by atoms with Crippen LogP contribution in [0.1, 0.15) is 36.8 Å². The third-order valence-corrected chi connectivity index (χ3v) is 7.92. The van der Waals surface area contributed by atoms with E-state index in [0.717, 1.165) is 36.3 Å². The number of piperidine rings is 1. The highest BCUT2D eigenvalue weighted by molar-refractivity contribution is 6.42. The minimum Gasteiger partial charge on any atom is -0.497 e. The predicted octanol–water partition coefficient (Wildman–Crippen LogP) is 4.22. The molecule has 32 heavy (non-hydrogen) atoms. The first-order valence-electron chi connectivity index (χ1n) is 11.0. The minimum atomic E-state index is -0.850. The Labute approximate surface area is 199 Å². The van der Waals surface area contributed by atoms with E-state index < -0.39 is 11.0 Å². The lowest BCUT2D eigenvalue weighted by Gasteiger charge is -2.57. The number of hydrogen-bond acceptors (Lipinski definition) is 4. The Morgan fingerprint density at radius 1 is 1.22 bits per heavy atom. The SMILES string of the molecule is COc1cccc([C@@]23CCN(C)C[C@@]2(O)CC[C@@H](NC(=O)Cc2ccc(Cl)c(Cl)c2)C3)c1. The number of fused-ring (bicyclic) bond motifs is 1. The number of ether oxygens (including phenoxy) is 1. The number of amides is 1. The molecule has 2 fully saturated rings. The van der Waals surface area contributed by atoms with Crippen molar-refractivity contribution in [1.82, 2.24) is 10.2 Å². The van der Waals surface area contributed by atoms with Gasteiger partial charge < -0.3 is 20.1 Å². The summed E-state index contributed by atoms with van der Waals surface area (Å²) in [5, 5.41) is 16.0. The molecule has 2 N–H and O–H groups in total. The zero-order chi connectivity index (χ0) is 22.9. The van der Waals surface area contributed by atoms with Crippen LogP contribution in [0.3, 0.4) is 0 Å². The van der Waals surface area contributed by atoms with Crippen molar-refractivity contribution in [2.75, 3.05) is 27.2 Å². The van der Waals surface area contributed by atoms with E-state index in [4.69, 9.17) is 27.9 Å². The maximum atomic E-state index is 12.8. The molecule has 2 aliphatic rings. The molecule has 2 aromatic rings. The molecule has 1 heterocycles. The summed E-state index contributed by atoms with van der Waals surface area (Å²) in [5.41, 5.74) is 0.618. The second-order valence-corrected chi connectivity index (χ2v) is 10.1. The van der Waals surface area contributed by atoms with Crippen molar-refractivity contribution in [2.24, 2.45) is 0 Å². The molecule has 172 valence electrons. The van der Waals surface area contributed by atoms with Crippen LogP contribution in [0.4, 0.5) is 0 Å². The zero-order valence-electron chi connectivity index (χ0n) is 18.5. The standard InChI is InChI=1S/C25H30Cl2N2O3/c1-29-11-10-24(18-4-3-5-20(14-18)32-2)15-19(8-9-25(24,31)16-29)28-23(30)13-17-6-7-21(26)22(27)12-17/h3-7,12,14,19,31H,8-11,13,15-16H2,1-2H3,(H,28,30)/t19-,24+,25+/m1/s1. The van der Waals surface area contributed by atoms with Gasteiger partial charge in [-0.1, -0.05) is 41.4 Å². The number of rotatable bonds is 5. The van der Waals surface area contributed by atoms with Gasteiger partial charge in [0.05, 0.1) is 29.2 Å². The Hall–Kier alpha value is -1.79. The van der Waals surface area contributed by atoms with E-state index in [1.54, 1.807) is 19.2 Å². The lowest BCUT2D eigenvalue weighted by atomic mass is 9.55. The fraction of sp³-hybridized carbons (Fsp3) is 0.480. The first-order valence-corrected chi connectivity index (χ1v) is 11.8. The average molecular weight is 477 g/mol. The Bertz CT molecular complexity index is 1000. The largest absolute Gasteiger partial charge is 0.497 e. The van der Waals surface area contributed by atoms with Crippen LogP contribution >= 0.6 is 23.2 Å². The van der Waals surface area contributed by atoms with Crippen molar-refractivity contribution in [3.05, 3.63) is 63.6 Å². The van der Waals surface area contributed by atoms with Crippen LogP contribution in [0, 0.1) is 0 Å². The maximum absolute atomic E-state index is 12.8. The van der Waals surface area contributed by atoms with Gasteiger partial charge in [-0.2, -0.15) is 0 Å². The number of carbonyl (C=O) groups is 1. The summed E-state index contributed by atoms with van der Waals surface area (Å²) in [7, 11) is 3.71. The Kier molecular flexibility index (Phi) is 6.73. The smallest absolute Gasteiger partial charge is 0.224 e. The number of aliphatic hydroxyl groups is 1. The van der Waals surface area contributed by atoms with E-state index in [9.17, 15) is 9.90 Å². The van der Waals surface area contributed by atoms with E-state index >= 15 is 0 Å². The van der Waals surface area contributed by atoms with E-state index in [-0.39, 0.29) is 18.4 Å². The molecule has 2 aromatic carbocycles. The normalized spacial score (nSPS) is 28.1. The molecular formula is C25H30Cl2N2O3. The Morgan fingerprint density at radius 2 is 2.03 bits per heavy atom. The minimum absolute atomic E-state index is 0.0137. The van der Waals surface area contributed by atoms with Gasteiger partial charge in [0.25, 0.3) is 0 Å². The molecule has 1 saturated heterocycles. The second kappa shape index (κ2) is 9.22. The Balaban J connectivity index is 1.56. The van der Waals surface area contributed by atoms with E-state index in [2.05, 4.69) is 23.3 Å². The molecule has 0 aromatic heterocycles. The van der Waals surface area contributed by atoms with Crippen LogP contribution in [0.5, 0.6) is 5.75 Å². The van der Waals surface area contributed by atoms with Gasteiger partial charge in [0.1, 0.15) is 5.75 Å². The molecule has 5 nitrogen and oxygen atoms in total. The van der Waals surface area contributed by atoms with Gasteiger partial charge in [-0.15, -0.1) is 0 Å². The number of likely N-dealkylation sites (tertiary alicyclic amines) is 1. The van der Waals surface area contributed by atoms with Crippen LogP contribution in [0.15, 0.2) is 42.5 Å². The summed E-state index contributed by atoms with van der Waals surface area (Å²) in [6, 6.07) is 13.3. The highest BCUT2D eigenvalue weighted by Gasteiger charge is 2.57. The van der Waals surface area contributed by atoms with Crippen molar-refractivity contribution in [3.63, 3.8) is 0 Å². The van der Waals surface area contributed by atoms with Crippen molar-refractivity contribution < 1.29 is 14.6 Å². The van der Waals surface area contributed by atoms with Crippen molar-refractivity contribution in [3.8, 4) is 5.75 Å². The highest BCUT2D eigenvalue weighted by Crippen LogP contribution is 2.51. The van der Waals surface area contributed by atoms with Gasteiger partial charge >= 0.3 is 0 Å². The number of carbonyl (C=O) groups excluding carboxylic acids is 1. The van der Waals surface area contributed by atoms with Crippen molar-refractivity contribution in [2.45, 2.75) is 49.2 Å². The molecule has 1 saturated carbocycles. The summed E-state index contributed by atoms with van der Waals surface area (Å²) in [5.74, 6) is 0.733. The van der Waals surface area contributed by atoms with Gasteiger partial charge in [0, 0.05) is 18.0 Å². The predicted molar refractivity (Wildman–Crippen MR) is 128 cm³/mol. The molecule has 4 rings (SSSR count). The number of β-amino-alcohol motifs (C(OH)–C–C–N with tert-alkyl or cyclic N) is 1. The van der Waals surface area contributed by atoms with Gasteiger partial charge in [-0.3, -0.25) is 4.79 Å². The molecule has 1 aliphatic heterocycles. The first kappa shape index (κ1) is 23.4. The maximum Gasteiger partial charge on any atom is 0.224 e. The molecule has 0 radical (unpaired) electrons. The van der Waals surface area contributed by atoms with Crippen LogP contribution in [-0.2, 0) is 16.6 Å². The first-order chi connectivity index (χ1) is 15.2. The molecule has 3 atom stereocenters. The summed E-state index contributed by atoms with van der Waals surface area (Å²) in [4.78, 5) is 15.0. The topological polar surface area (TPSA) is 61.8 Å².